The summed E-state index contributed by atoms with van der Waals surface area (Å²) in [6.45, 7) is 2.08. The van der Waals surface area contributed by atoms with Crippen LogP contribution in [-0.4, -0.2) is 10.9 Å². The molecule has 3 heteroatoms. The second-order valence-electron chi connectivity index (χ2n) is 4.90. The van der Waals surface area contributed by atoms with E-state index in [1.54, 1.807) is 12.4 Å². The molecule has 21 heavy (non-hydrogen) atoms. The third kappa shape index (κ3) is 2.77. The van der Waals surface area contributed by atoms with E-state index in [2.05, 4.69) is 17.2 Å². The van der Waals surface area contributed by atoms with Gasteiger partial charge in [-0.15, -0.1) is 0 Å². The Morgan fingerprint density at radius 1 is 1.10 bits per heavy atom. The monoisotopic (exact) mass is 276 g/mol. The van der Waals surface area contributed by atoms with E-state index in [1.807, 2.05) is 48.5 Å². The third-order valence-corrected chi connectivity index (χ3v) is 3.55. The van der Waals surface area contributed by atoms with Gasteiger partial charge in [-0.1, -0.05) is 31.2 Å². The maximum absolute atomic E-state index is 12.4. The number of amides is 1. The van der Waals surface area contributed by atoms with Gasteiger partial charge in [0.1, 0.15) is 0 Å². The van der Waals surface area contributed by atoms with E-state index in [0.29, 0.717) is 5.56 Å². The molecule has 1 N–H and O–H groups in total. The number of fused-ring (bicyclic) bond motifs is 1. The van der Waals surface area contributed by atoms with Crippen LogP contribution in [0.5, 0.6) is 0 Å². The number of nitrogens with one attached hydrogen (secondary N) is 1. The van der Waals surface area contributed by atoms with Gasteiger partial charge in [-0.25, -0.2) is 0 Å². The number of aryl methyl sites for hydroxylation is 1. The van der Waals surface area contributed by atoms with E-state index in [1.165, 1.54) is 0 Å². The highest BCUT2D eigenvalue weighted by Gasteiger charge is 2.08. The van der Waals surface area contributed by atoms with Crippen molar-refractivity contribution in [2.24, 2.45) is 0 Å². The second-order valence-corrected chi connectivity index (χ2v) is 4.90. The summed E-state index contributed by atoms with van der Waals surface area (Å²) in [6, 6.07) is 15.4. The van der Waals surface area contributed by atoms with Crippen LogP contribution in [-0.2, 0) is 6.42 Å². The summed E-state index contributed by atoms with van der Waals surface area (Å²) in [6.07, 6.45) is 4.42. The number of anilines is 1. The van der Waals surface area contributed by atoms with Crippen molar-refractivity contribution in [3.63, 3.8) is 0 Å². The van der Waals surface area contributed by atoms with Gasteiger partial charge in [0.2, 0.25) is 0 Å². The van der Waals surface area contributed by atoms with Gasteiger partial charge < -0.3 is 5.32 Å². The third-order valence-electron chi connectivity index (χ3n) is 3.55. The topological polar surface area (TPSA) is 42.0 Å². The van der Waals surface area contributed by atoms with E-state index in [0.717, 1.165) is 28.4 Å². The quantitative estimate of drug-likeness (QED) is 0.784. The summed E-state index contributed by atoms with van der Waals surface area (Å²) in [5.74, 6) is -0.0883. The van der Waals surface area contributed by atoms with Crippen molar-refractivity contribution < 1.29 is 4.79 Å². The molecule has 0 fully saturated rings. The molecule has 1 aromatic heterocycles. The Bertz CT molecular complexity index is 796. The maximum atomic E-state index is 12.4. The average molecular weight is 276 g/mol. The molecule has 0 saturated heterocycles. The van der Waals surface area contributed by atoms with Crippen LogP contribution in [0.1, 0.15) is 22.8 Å². The number of pyridine rings is 1. The molecule has 3 rings (SSSR count). The van der Waals surface area contributed by atoms with Crippen molar-refractivity contribution in [1.82, 2.24) is 4.98 Å². The highest BCUT2D eigenvalue weighted by Crippen LogP contribution is 2.19. The predicted molar refractivity (Wildman–Crippen MR) is 85.5 cm³/mol. The first-order valence-electron chi connectivity index (χ1n) is 7.01. The lowest BCUT2D eigenvalue weighted by molar-refractivity contribution is 0.102. The minimum atomic E-state index is -0.0883. The van der Waals surface area contributed by atoms with Crippen LogP contribution in [0.25, 0.3) is 10.8 Å². The van der Waals surface area contributed by atoms with Crippen LogP contribution in [0.3, 0.4) is 0 Å². The Morgan fingerprint density at radius 3 is 2.81 bits per heavy atom. The first-order valence-corrected chi connectivity index (χ1v) is 7.01. The number of para-hydroxylation sites is 1. The number of rotatable bonds is 3. The number of carbonyl (C=O) groups is 1. The molecule has 3 aromatic rings. The molecule has 0 saturated carbocycles. The van der Waals surface area contributed by atoms with E-state index in [-0.39, 0.29) is 5.91 Å². The molecule has 0 aliphatic heterocycles. The van der Waals surface area contributed by atoms with Gasteiger partial charge in [-0.3, -0.25) is 9.78 Å². The van der Waals surface area contributed by atoms with Gasteiger partial charge in [0, 0.05) is 29.0 Å². The molecule has 1 heterocycles. The van der Waals surface area contributed by atoms with E-state index in [9.17, 15) is 4.79 Å². The van der Waals surface area contributed by atoms with E-state index >= 15 is 0 Å². The predicted octanol–water partition coefficient (Wildman–Crippen LogP) is 4.05. The minimum absolute atomic E-state index is 0.0883. The Kier molecular flexibility index (Phi) is 3.65. The second kappa shape index (κ2) is 5.75. The number of hydrogen-bond acceptors (Lipinski definition) is 2. The smallest absolute Gasteiger partial charge is 0.255 e. The van der Waals surface area contributed by atoms with Gasteiger partial charge >= 0.3 is 0 Å². The molecule has 104 valence electrons. The molecule has 0 aliphatic carbocycles. The highest BCUT2D eigenvalue weighted by molar-refractivity contribution is 6.06. The number of nitrogens with zero attached hydrogens (tertiary/aromatic N) is 1. The van der Waals surface area contributed by atoms with Crippen molar-refractivity contribution in [2.75, 3.05) is 5.32 Å². The zero-order valence-corrected chi connectivity index (χ0v) is 11.8. The Balaban J connectivity index is 1.90. The first-order chi connectivity index (χ1) is 10.3. The number of aromatic nitrogens is 1. The van der Waals surface area contributed by atoms with Crippen molar-refractivity contribution >= 4 is 22.4 Å². The van der Waals surface area contributed by atoms with Crippen LogP contribution in [0.2, 0.25) is 0 Å². The molecule has 0 spiro atoms. The Hall–Kier alpha value is -2.68. The standard InChI is InChI=1S/C18H16N2O/c1-2-13-5-3-4-6-17(13)20-18(21)15-7-8-16-12-19-10-9-14(16)11-15/h3-12H,2H2,1H3,(H,20,21). The van der Waals surface area contributed by atoms with Crippen LogP contribution in [0.4, 0.5) is 5.69 Å². The van der Waals surface area contributed by atoms with Gasteiger partial charge in [0.15, 0.2) is 0 Å². The lowest BCUT2D eigenvalue weighted by Gasteiger charge is -2.10. The van der Waals surface area contributed by atoms with Crippen LogP contribution in [0.15, 0.2) is 60.9 Å². The van der Waals surface area contributed by atoms with Gasteiger partial charge in [0.05, 0.1) is 0 Å². The summed E-state index contributed by atoms with van der Waals surface area (Å²) >= 11 is 0. The fraction of sp³-hybridized carbons (Fsp3) is 0.111. The molecule has 0 atom stereocenters. The molecule has 3 nitrogen and oxygen atoms in total. The molecular formula is C18H16N2O. The maximum Gasteiger partial charge on any atom is 0.255 e. The van der Waals surface area contributed by atoms with Crippen molar-refractivity contribution in [3.05, 3.63) is 72.1 Å². The Labute approximate surface area is 123 Å². The zero-order valence-electron chi connectivity index (χ0n) is 11.8. The van der Waals surface area contributed by atoms with Crippen molar-refractivity contribution in [2.45, 2.75) is 13.3 Å². The summed E-state index contributed by atoms with van der Waals surface area (Å²) < 4.78 is 0. The molecule has 0 unspecified atom stereocenters. The normalized spacial score (nSPS) is 10.5. The van der Waals surface area contributed by atoms with E-state index in [4.69, 9.17) is 0 Å². The molecule has 0 radical (unpaired) electrons. The average Bonchev–Trinajstić information content (AvgIpc) is 2.55. The fourth-order valence-corrected chi connectivity index (χ4v) is 2.37. The van der Waals surface area contributed by atoms with Crippen LogP contribution < -0.4 is 5.32 Å². The molecule has 2 aromatic carbocycles. The fourth-order valence-electron chi connectivity index (χ4n) is 2.37. The first kappa shape index (κ1) is 13.3. The summed E-state index contributed by atoms with van der Waals surface area (Å²) in [7, 11) is 0. The highest BCUT2D eigenvalue weighted by atomic mass is 16.1. The lowest BCUT2D eigenvalue weighted by Crippen LogP contribution is -2.13. The van der Waals surface area contributed by atoms with Crippen LogP contribution in [0, 0.1) is 0 Å². The summed E-state index contributed by atoms with van der Waals surface area (Å²) in [5, 5.41) is 5.03. The SMILES string of the molecule is CCc1ccccc1NC(=O)c1ccc2cnccc2c1. The molecule has 0 aliphatic rings. The Morgan fingerprint density at radius 2 is 1.95 bits per heavy atom. The number of hydrogen-bond donors (Lipinski definition) is 1. The molecular weight excluding hydrogens is 260 g/mol. The van der Waals surface area contributed by atoms with Crippen LogP contribution >= 0.6 is 0 Å². The van der Waals surface area contributed by atoms with Gasteiger partial charge in [-0.05, 0) is 41.6 Å². The number of carbonyl (C=O) groups excluding carboxylic acids is 1. The summed E-state index contributed by atoms with van der Waals surface area (Å²) in [5.41, 5.74) is 2.66. The lowest BCUT2D eigenvalue weighted by atomic mass is 10.1. The zero-order chi connectivity index (χ0) is 14.7. The largest absolute Gasteiger partial charge is 0.322 e. The van der Waals surface area contributed by atoms with Crippen molar-refractivity contribution in [3.8, 4) is 0 Å². The molecule has 1 amide bonds. The number of benzene rings is 2. The van der Waals surface area contributed by atoms with E-state index < -0.39 is 0 Å². The van der Waals surface area contributed by atoms with Crippen molar-refractivity contribution in [1.29, 1.82) is 0 Å². The van der Waals surface area contributed by atoms with Gasteiger partial charge in [-0.2, -0.15) is 0 Å². The molecule has 0 bridgehead atoms. The van der Waals surface area contributed by atoms with Gasteiger partial charge in [0.25, 0.3) is 5.91 Å². The summed E-state index contributed by atoms with van der Waals surface area (Å²) in [4.78, 5) is 16.5. The minimum Gasteiger partial charge on any atom is -0.322 e.